The van der Waals surface area contributed by atoms with Crippen molar-refractivity contribution in [2.45, 2.75) is 13.0 Å². The van der Waals surface area contributed by atoms with Crippen LogP contribution in [0.1, 0.15) is 26.8 Å². The molecular weight excluding hydrogens is 376 g/mol. The van der Waals surface area contributed by atoms with Gasteiger partial charge in [-0.2, -0.15) is 0 Å². The van der Waals surface area contributed by atoms with Gasteiger partial charge in [0.15, 0.2) is 5.78 Å². The number of amides is 1. The van der Waals surface area contributed by atoms with Crippen LogP contribution in [0.15, 0.2) is 35.7 Å². The Morgan fingerprint density at radius 1 is 1.25 bits per heavy atom. The van der Waals surface area contributed by atoms with Crippen molar-refractivity contribution < 1.29 is 19.1 Å². The zero-order valence-corrected chi connectivity index (χ0v) is 17.3. The number of carbonyl (C=O) groups is 3. The largest absolute Gasteiger partial charge is 0.497 e. The Balaban J connectivity index is 2.01. The minimum Gasteiger partial charge on any atom is -0.497 e. The first-order valence-electron chi connectivity index (χ1n) is 9.07. The molecule has 6 nitrogen and oxygen atoms in total. The zero-order chi connectivity index (χ0) is 20.4. The third-order valence-electron chi connectivity index (χ3n) is 5.01. The van der Waals surface area contributed by atoms with E-state index in [1.54, 1.807) is 37.1 Å². The lowest BCUT2D eigenvalue weighted by Crippen LogP contribution is -2.36. The molecule has 28 heavy (non-hydrogen) atoms. The maximum atomic E-state index is 13.4. The lowest BCUT2D eigenvalue weighted by atomic mass is 9.87. The van der Waals surface area contributed by atoms with Crippen molar-refractivity contribution in [1.82, 2.24) is 9.80 Å². The average molecular weight is 401 g/mol. The fraction of sp³-hybridized carbons (Fsp3) is 0.381. The van der Waals surface area contributed by atoms with Gasteiger partial charge in [-0.1, -0.05) is 6.07 Å². The van der Waals surface area contributed by atoms with Crippen molar-refractivity contribution in [1.29, 1.82) is 0 Å². The summed E-state index contributed by atoms with van der Waals surface area (Å²) < 4.78 is 5.20. The minimum atomic E-state index is -1.03. The highest BCUT2D eigenvalue weighted by Crippen LogP contribution is 2.40. The number of hydrogen-bond donors (Lipinski definition) is 0. The molecule has 1 aromatic carbocycles. The lowest BCUT2D eigenvalue weighted by molar-refractivity contribution is -0.140. The number of likely N-dealkylation sites (N-methyl/N-ethyl adjacent to an activating group) is 1. The van der Waals surface area contributed by atoms with E-state index in [1.165, 1.54) is 11.3 Å². The molecular formula is C21H24N2O4S. The van der Waals surface area contributed by atoms with Gasteiger partial charge in [-0.15, -0.1) is 11.3 Å². The maximum Gasteiger partial charge on any atom is 0.291 e. The van der Waals surface area contributed by atoms with Crippen LogP contribution in [0, 0.1) is 12.8 Å². The number of ether oxygens (including phenoxy) is 1. The standard InChI is InChI=1S/C21H24N2O4S/c1-13-12-14(27-4)7-8-15(13)19(24)17-18(16-6-5-11-28-16)23(10-9-22(2)3)21(26)20(17)25/h5-8,11-12,17-18H,9-10H2,1-4H3. The fourth-order valence-electron chi connectivity index (χ4n) is 3.52. The molecule has 1 saturated heterocycles. The maximum absolute atomic E-state index is 13.4. The van der Waals surface area contributed by atoms with E-state index < -0.39 is 23.7 Å². The second kappa shape index (κ2) is 8.24. The Labute approximate surface area is 168 Å². The van der Waals surface area contributed by atoms with E-state index in [2.05, 4.69) is 0 Å². The second-order valence-corrected chi connectivity index (χ2v) is 8.13. The summed E-state index contributed by atoms with van der Waals surface area (Å²) in [5, 5.41) is 1.90. The molecule has 1 aliphatic heterocycles. The number of likely N-dealkylation sites (tertiary alicyclic amines) is 1. The number of aryl methyl sites for hydroxylation is 1. The molecule has 3 rings (SSSR count). The van der Waals surface area contributed by atoms with Gasteiger partial charge in [-0.3, -0.25) is 14.4 Å². The Kier molecular flexibility index (Phi) is 5.96. The van der Waals surface area contributed by atoms with Crippen LogP contribution in [0.4, 0.5) is 0 Å². The number of Topliss-reactive ketones (excluding diaryl/α,β-unsaturated/α-hetero) is 2. The molecule has 0 N–H and O–H groups in total. The number of ketones is 2. The van der Waals surface area contributed by atoms with Gasteiger partial charge in [0, 0.05) is 23.5 Å². The smallest absolute Gasteiger partial charge is 0.291 e. The summed E-state index contributed by atoms with van der Waals surface area (Å²) in [7, 11) is 5.38. The molecule has 0 bridgehead atoms. The summed E-state index contributed by atoms with van der Waals surface area (Å²) in [6.45, 7) is 2.82. The Morgan fingerprint density at radius 3 is 2.57 bits per heavy atom. The molecule has 2 atom stereocenters. The molecule has 2 unspecified atom stereocenters. The lowest BCUT2D eigenvalue weighted by Gasteiger charge is -2.27. The topological polar surface area (TPSA) is 66.9 Å². The summed E-state index contributed by atoms with van der Waals surface area (Å²) in [5.41, 5.74) is 1.17. The number of carbonyl (C=O) groups excluding carboxylic acids is 3. The Hall–Kier alpha value is -2.51. The minimum absolute atomic E-state index is 0.316. The first-order valence-corrected chi connectivity index (χ1v) is 9.95. The first-order chi connectivity index (χ1) is 13.3. The van der Waals surface area contributed by atoms with E-state index in [1.807, 2.05) is 36.5 Å². The van der Waals surface area contributed by atoms with Gasteiger partial charge in [-0.25, -0.2) is 0 Å². The van der Waals surface area contributed by atoms with Crippen molar-refractivity contribution in [2.75, 3.05) is 34.3 Å². The van der Waals surface area contributed by atoms with Gasteiger partial charge in [0.25, 0.3) is 5.91 Å². The molecule has 0 radical (unpaired) electrons. The predicted molar refractivity (Wildman–Crippen MR) is 108 cm³/mol. The third kappa shape index (κ3) is 3.72. The van der Waals surface area contributed by atoms with Crippen LogP contribution in [0.3, 0.4) is 0 Å². The monoisotopic (exact) mass is 400 g/mol. The van der Waals surface area contributed by atoms with Crippen molar-refractivity contribution >= 4 is 28.8 Å². The van der Waals surface area contributed by atoms with E-state index >= 15 is 0 Å². The molecule has 7 heteroatoms. The van der Waals surface area contributed by atoms with Crippen LogP contribution in [-0.2, 0) is 9.59 Å². The molecule has 148 valence electrons. The summed E-state index contributed by atoms with van der Waals surface area (Å²) in [6, 6.07) is 8.32. The molecule has 1 aromatic heterocycles. The molecule has 1 fully saturated rings. The normalized spacial score (nSPS) is 19.5. The molecule has 0 saturated carbocycles. The molecule has 2 aromatic rings. The summed E-state index contributed by atoms with van der Waals surface area (Å²) >= 11 is 1.46. The van der Waals surface area contributed by atoms with Gasteiger partial charge >= 0.3 is 0 Å². The van der Waals surface area contributed by atoms with Crippen LogP contribution in [0.5, 0.6) is 5.75 Å². The van der Waals surface area contributed by atoms with E-state index in [9.17, 15) is 14.4 Å². The van der Waals surface area contributed by atoms with Gasteiger partial charge in [0.2, 0.25) is 5.78 Å². The van der Waals surface area contributed by atoms with E-state index in [4.69, 9.17) is 4.74 Å². The molecule has 2 heterocycles. The number of thiophene rings is 1. The van der Waals surface area contributed by atoms with Gasteiger partial charge in [0.1, 0.15) is 11.7 Å². The summed E-state index contributed by atoms with van der Waals surface area (Å²) in [5.74, 6) is -1.91. The van der Waals surface area contributed by atoms with Gasteiger partial charge < -0.3 is 14.5 Å². The third-order valence-corrected chi connectivity index (χ3v) is 5.95. The van der Waals surface area contributed by atoms with E-state index in [-0.39, 0.29) is 5.78 Å². The molecule has 1 amide bonds. The number of benzene rings is 1. The van der Waals surface area contributed by atoms with Crippen LogP contribution in [-0.4, -0.2) is 61.6 Å². The summed E-state index contributed by atoms with van der Waals surface area (Å²) in [4.78, 5) is 43.3. The molecule has 0 spiro atoms. The van der Waals surface area contributed by atoms with E-state index in [0.717, 1.165) is 10.4 Å². The SMILES string of the molecule is COc1ccc(C(=O)C2C(=O)C(=O)N(CCN(C)C)C2c2cccs2)c(C)c1. The van der Waals surface area contributed by atoms with Crippen molar-refractivity contribution in [3.05, 3.63) is 51.7 Å². The first kappa shape index (κ1) is 20.2. The Morgan fingerprint density at radius 2 is 2.00 bits per heavy atom. The van der Waals surface area contributed by atoms with Crippen LogP contribution in [0.2, 0.25) is 0 Å². The average Bonchev–Trinajstić information content (AvgIpc) is 3.27. The van der Waals surface area contributed by atoms with Crippen molar-refractivity contribution in [3.8, 4) is 5.75 Å². The fourth-order valence-corrected chi connectivity index (χ4v) is 4.39. The molecule has 0 aliphatic carbocycles. The highest BCUT2D eigenvalue weighted by atomic mass is 32.1. The predicted octanol–water partition coefficient (Wildman–Crippen LogP) is 2.58. The number of hydrogen-bond acceptors (Lipinski definition) is 6. The van der Waals surface area contributed by atoms with Gasteiger partial charge in [0.05, 0.1) is 13.2 Å². The highest BCUT2D eigenvalue weighted by Gasteiger charge is 2.52. The quantitative estimate of drug-likeness (QED) is 0.406. The number of rotatable bonds is 7. The van der Waals surface area contributed by atoms with Crippen LogP contribution >= 0.6 is 11.3 Å². The van der Waals surface area contributed by atoms with Crippen LogP contribution in [0.25, 0.3) is 0 Å². The van der Waals surface area contributed by atoms with E-state index in [0.29, 0.717) is 24.4 Å². The van der Waals surface area contributed by atoms with Crippen molar-refractivity contribution in [2.24, 2.45) is 5.92 Å². The highest BCUT2D eigenvalue weighted by molar-refractivity contribution is 7.10. The van der Waals surface area contributed by atoms with Crippen LogP contribution < -0.4 is 4.74 Å². The zero-order valence-electron chi connectivity index (χ0n) is 16.5. The van der Waals surface area contributed by atoms with Crippen molar-refractivity contribution in [3.63, 3.8) is 0 Å². The second-order valence-electron chi connectivity index (χ2n) is 7.15. The number of methoxy groups -OCH3 is 1. The Bertz CT molecular complexity index is 892. The summed E-state index contributed by atoms with van der Waals surface area (Å²) in [6.07, 6.45) is 0. The number of nitrogens with zero attached hydrogens (tertiary/aromatic N) is 2. The van der Waals surface area contributed by atoms with Gasteiger partial charge in [-0.05, 0) is 56.2 Å². The molecule has 1 aliphatic rings.